The molecule has 0 atom stereocenters. The largest absolute Gasteiger partial charge is 0.394 e. The summed E-state index contributed by atoms with van der Waals surface area (Å²) in [6, 6.07) is 0. The number of aliphatic hydroxyl groups excluding tert-OH is 1. The van der Waals surface area contributed by atoms with E-state index in [-0.39, 0.29) is 12.5 Å². The van der Waals surface area contributed by atoms with Crippen LogP contribution in [0.5, 0.6) is 0 Å². The van der Waals surface area contributed by atoms with Crippen molar-refractivity contribution in [1.82, 2.24) is 29.1 Å². The summed E-state index contributed by atoms with van der Waals surface area (Å²) < 4.78 is 3.78. The fourth-order valence-corrected chi connectivity index (χ4v) is 3.69. The van der Waals surface area contributed by atoms with E-state index in [0.29, 0.717) is 13.1 Å². The number of hydrogen-bond donors (Lipinski definition) is 1. The van der Waals surface area contributed by atoms with Crippen LogP contribution in [0.4, 0.5) is 0 Å². The highest BCUT2D eigenvalue weighted by Gasteiger charge is 2.21. The minimum Gasteiger partial charge on any atom is -0.394 e. The molecule has 0 bridgehead atoms. The van der Waals surface area contributed by atoms with E-state index in [2.05, 4.69) is 21.9 Å². The third-order valence-corrected chi connectivity index (χ3v) is 5.40. The molecule has 2 aromatic rings. The molecule has 1 saturated heterocycles. The van der Waals surface area contributed by atoms with Gasteiger partial charge in [-0.3, -0.25) is 14.4 Å². The third kappa shape index (κ3) is 4.56. The van der Waals surface area contributed by atoms with Crippen LogP contribution < -0.4 is 0 Å². The molecule has 3 rings (SSSR count). The Bertz CT molecular complexity index is 781. The Hall–Kier alpha value is -2.19. The number of carbonyl (C=O) groups is 1. The summed E-state index contributed by atoms with van der Waals surface area (Å²) in [5, 5.41) is 13.7. The lowest BCUT2D eigenvalue weighted by molar-refractivity contribution is -0.131. The average Bonchev–Trinajstić information content (AvgIpc) is 3.04. The van der Waals surface area contributed by atoms with Gasteiger partial charge in [0, 0.05) is 56.4 Å². The minimum absolute atomic E-state index is 0.0958. The van der Waals surface area contributed by atoms with Gasteiger partial charge in [0.15, 0.2) is 0 Å². The molecule has 0 aliphatic carbocycles. The first kappa shape index (κ1) is 19.6. The summed E-state index contributed by atoms with van der Waals surface area (Å²) in [6.07, 6.45) is 4.55. The summed E-state index contributed by atoms with van der Waals surface area (Å²) in [5.74, 6) is 1.02. The van der Waals surface area contributed by atoms with Crippen LogP contribution in [0.1, 0.15) is 29.2 Å². The van der Waals surface area contributed by atoms with Gasteiger partial charge < -0.3 is 14.6 Å². The van der Waals surface area contributed by atoms with E-state index < -0.39 is 0 Å². The van der Waals surface area contributed by atoms with Crippen LogP contribution in [0.15, 0.2) is 12.4 Å². The van der Waals surface area contributed by atoms with Crippen molar-refractivity contribution < 1.29 is 9.90 Å². The maximum absolute atomic E-state index is 12.6. The smallest absolute Gasteiger partial charge is 0.242 e. The Morgan fingerprint density at radius 1 is 1.19 bits per heavy atom. The van der Waals surface area contributed by atoms with Crippen molar-refractivity contribution in [3.8, 4) is 0 Å². The Balaban J connectivity index is 1.59. The number of aliphatic hydroxyl groups is 1. The number of aromatic nitrogens is 4. The summed E-state index contributed by atoms with van der Waals surface area (Å²) in [5.41, 5.74) is 3.38. The minimum atomic E-state index is 0.0958. The van der Waals surface area contributed by atoms with Gasteiger partial charge in [0.2, 0.25) is 5.91 Å². The Morgan fingerprint density at radius 3 is 2.70 bits per heavy atom. The number of carbonyl (C=O) groups excluding carboxylic acids is 1. The van der Waals surface area contributed by atoms with Gasteiger partial charge in [0.25, 0.3) is 0 Å². The van der Waals surface area contributed by atoms with E-state index in [1.165, 1.54) is 5.56 Å². The lowest BCUT2D eigenvalue weighted by Crippen LogP contribution is -2.37. The first-order valence-corrected chi connectivity index (χ1v) is 9.61. The molecule has 8 heteroatoms. The lowest BCUT2D eigenvalue weighted by atomic mass is 10.2. The molecule has 0 spiro atoms. The van der Waals surface area contributed by atoms with Crippen LogP contribution in [0.25, 0.3) is 0 Å². The van der Waals surface area contributed by atoms with Crippen LogP contribution >= 0.6 is 0 Å². The van der Waals surface area contributed by atoms with Crippen molar-refractivity contribution in [1.29, 1.82) is 0 Å². The second-order valence-corrected chi connectivity index (χ2v) is 7.21. The van der Waals surface area contributed by atoms with E-state index in [4.69, 9.17) is 0 Å². The van der Waals surface area contributed by atoms with Gasteiger partial charge >= 0.3 is 0 Å². The fourth-order valence-electron chi connectivity index (χ4n) is 3.69. The molecule has 1 aliphatic heterocycles. The number of amides is 1. The van der Waals surface area contributed by atoms with Gasteiger partial charge in [-0.25, -0.2) is 4.98 Å². The van der Waals surface area contributed by atoms with Crippen LogP contribution in [0, 0.1) is 20.8 Å². The van der Waals surface area contributed by atoms with Crippen molar-refractivity contribution in [2.24, 2.45) is 0 Å². The van der Waals surface area contributed by atoms with Crippen molar-refractivity contribution in [3.63, 3.8) is 0 Å². The van der Waals surface area contributed by atoms with E-state index in [0.717, 1.165) is 56.4 Å². The normalized spacial score (nSPS) is 15.9. The molecule has 0 aromatic carbocycles. The first-order valence-electron chi connectivity index (χ1n) is 9.61. The summed E-state index contributed by atoms with van der Waals surface area (Å²) in [6.45, 7) is 11.2. The SMILES string of the molecule is Cc1nn(CCO)c(C)c1CN1CCCN(C(=O)Cn2ccnc2C)CC1. The highest BCUT2D eigenvalue weighted by Crippen LogP contribution is 2.17. The first-order chi connectivity index (χ1) is 13.0. The fraction of sp³-hybridized carbons (Fsp3) is 0.632. The molecule has 3 heterocycles. The molecule has 0 radical (unpaired) electrons. The van der Waals surface area contributed by atoms with Crippen LogP contribution in [0.3, 0.4) is 0 Å². The van der Waals surface area contributed by atoms with E-state index in [9.17, 15) is 9.90 Å². The van der Waals surface area contributed by atoms with Crippen LogP contribution in [-0.2, 0) is 24.4 Å². The molecule has 1 fully saturated rings. The maximum atomic E-state index is 12.6. The maximum Gasteiger partial charge on any atom is 0.242 e. The van der Waals surface area contributed by atoms with Crippen molar-refractivity contribution >= 4 is 5.91 Å². The van der Waals surface area contributed by atoms with E-state index in [1.807, 2.05) is 34.2 Å². The van der Waals surface area contributed by atoms with E-state index in [1.54, 1.807) is 6.20 Å². The molecular weight excluding hydrogens is 344 g/mol. The van der Waals surface area contributed by atoms with Gasteiger partial charge in [0.1, 0.15) is 12.4 Å². The van der Waals surface area contributed by atoms with Crippen molar-refractivity contribution in [2.75, 3.05) is 32.8 Å². The molecule has 148 valence electrons. The van der Waals surface area contributed by atoms with Gasteiger partial charge in [-0.05, 0) is 27.2 Å². The summed E-state index contributed by atoms with van der Waals surface area (Å²) >= 11 is 0. The Labute approximate surface area is 160 Å². The zero-order valence-corrected chi connectivity index (χ0v) is 16.6. The number of hydrogen-bond acceptors (Lipinski definition) is 5. The number of imidazole rings is 1. The molecule has 1 N–H and O–H groups in total. The zero-order chi connectivity index (χ0) is 19.4. The zero-order valence-electron chi connectivity index (χ0n) is 16.6. The molecular formula is C19H30N6O2. The predicted octanol–water partition coefficient (Wildman–Crippen LogP) is 0.732. The van der Waals surface area contributed by atoms with Crippen molar-refractivity contribution in [2.45, 2.75) is 46.8 Å². The van der Waals surface area contributed by atoms with Gasteiger partial charge in [-0.1, -0.05) is 0 Å². The molecule has 1 amide bonds. The molecule has 27 heavy (non-hydrogen) atoms. The monoisotopic (exact) mass is 374 g/mol. The lowest BCUT2D eigenvalue weighted by Gasteiger charge is -2.22. The van der Waals surface area contributed by atoms with Crippen LogP contribution in [-0.4, -0.2) is 72.9 Å². The predicted molar refractivity (Wildman–Crippen MR) is 102 cm³/mol. The van der Waals surface area contributed by atoms with Crippen LogP contribution in [0.2, 0.25) is 0 Å². The Kier molecular flexibility index (Phi) is 6.28. The topological polar surface area (TPSA) is 79.4 Å². The summed E-state index contributed by atoms with van der Waals surface area (Å²) in [7, 11) is 0. The van der Waals surface area contributed by atoms with Gasteiger partial charge in [-0.2, -0.15) is 5.10 Å². The highest BCUT2D eigenvalue weighted by molar-refractivity contribution is 5.76. The summed E-state index contributed by atoms with van der Waals surface area (Å²) in [4.78, 5) is 21.2. The number of aryl methyl sites for hydroxylation is 2. The molecule has 2 aromatic heterocycles. The molecule has 0 unspecified atom stereocenters. The average molecular weight is 374 g/mol. The number of rotatable bonds is 6. The Morgan fingerprint density at radius 2 is 2.00 bits per heavy atom. The second kappa shape index (κ2) is 8.67. The quantitative estimate of drug-likeness (QED) is 0.806. The molecule has 1 aliphatic rings. The van der Waals surface area contributed by atoms with Gasteiger partial charge in [0.05, 0.1) is 18.8 Å². The second-order valence-electron chi connectivity index (χ2n) is 7.21. The molecule has 8 nitrogen and oxygen atoms in total. The standard InChI is InChI=1S/C19H30N6O2/c1-15-18(16(2)25(21-15)11-12-26)13-22-6-4-7-23(10-9-22)19(27)14-24-8-5-20-17(24)3/h5,8,26H,4,6-7,9-14H2,1-3H3. The van der Waals surface area contributed by atoms with Crippen molar-refractivity contribution in [3.05, 3.63) is 35.2 Å². The van der Waals surface area contributed by atoms with E-state index >= 15 is 0 Å². The highest BCUT2D eigenvalue weighted by atomic mass is 16.3. The molecule has 0 saturated carbocycles. The third-order valence-electron chi connectivity index (χ3n) is 5.40. The van der Waals surface area contributed by atoms with Gasteiger partial charge in [-0.15, -0.1) is 0 Å². The number of nitrogens with zero attached hydrogens (tertiary/aromatic N) is 6.